The fourth-order valence-corrected chi connectivity index (χ4v) is 6.11. The molecule has 2 aromatic rings. The maximum absolute atomic E-state index is 12.8. The number of amides is 2. The molecule has 1 atom stereocenters. The van der Waals surface area contributed by atoms with Crippen LogP contribution in [-0.4, -0.2) is 62.8 Å². The van der Waals surface area contributed by atoms with Crippen LogP contribution in [0.4, 0.5) is 0 Å². The number of carbonyl (C=O) groups excluding carboxylic acids is 2. The van der Waals surface area contributed by atoms with Crippen LogP contribution in [0.1, 0.15) is 19.3 Å². The number of likely N-dealkylation sites (N-methyl/N-ethyl adjacent to an activating group) is 1. The van der Waals surface area contributed by atoms with E-state index in [0.717, 1.165) is 21.4 Å². The molecule has 30 heavy (non-hydrogen) atoms. The number of halogens is 1. The van der Waals surface area contributed by atoms with Gasteiger partial charge in [0.05, 0.1) is 19.0 Å². The van der Waals surface area contributed by atoms with Crippen molar-refractivity contribution in [2.45, 2.75) is 29.5 Å². The summed E-state index contributed by atoms with van der Waals surface area (Å²) in [5.41, 5.74) is 0. The van der Waals surface area contributed by atoms with Crippen molar-refractivity contribution < 1.29 is 18.0 Å². The summed E-state index contributed by atoms with van der Waals surface area (Å²) in [6, 6.07) is 7.73. The lowest BCUT2D eigenvalue weighted by Gasteiger charge is -2.32. The lowest BCUT2D eigenvalue weighted by atomic mass is 10.1. The molecule has 1 fully saturated rings. The summed E-state index contributed by atoms with van der Waals surface area (Å²) in [7, 11) is -2.33. The normalized spacial score (nSPS) is 17.2. The van der Waals surface area contributed by atoms with Crippen molar-refractivity contribution in [2.75, 3.05) is 26.7 Å². The number of carbonyl (C=O) groups is 2. The van der Waals surface area contributed by atoms with Gasteiger partial charge in [0.15, 0.2) is 0 Å². The Labute approximate surface area is 184 Å². The van der Waals surface area contributed by atoms with E-state index in [-0.39, 0.29) is 29.6 Å². The quantitative estimate of drug-likeness (QED) is 0.669. The minimum Gasteiger partial charge on any atom is -0.343 e. The molecule has 0 radical (unpaired) electrons. The maximum atomic E-state index is 12.8. The number of benzene rings is 1. The highest BCUT2D eigenvalue weighted by Crippen LogP contribution is 2.31. The van der Waals surface area contributed by atoms with Gasteiger partial charge in [0, 0.05) is 29.9 Å². The van der Waals surface area contributed by atoms with E-state index >= 15 is 0 Å². The first-order valence-corrected chi connectivity index (χ1v) is 12.0. The van der Waals surface area contributed by atoms with Crippen molar-refractivity contribution in [1.29, 1.82) is 5.26 Å². The van der Waals surface area contributed by atoms with Crippen LogP contribution in [0.15, 0.2) is 28.5 Å². The molecule has 0 bridgehead atoms. The Morgan fingerprint density at radius 1 is 1.43 bits per heavy atom. The predicted octanol–water partition coefficient (Wildman–Crippen LogP) is 2.20. The molecule has 2 amide bonds. The second-order valence-electron chi connectivity index (χ2n) is 7.05. The van der Waals surface area contributed by atoms with Crippen LogP contribution in [0, 0.1) is 11.3 Å². The van der Waals surface area contributed by atoms with E-state index in [0.29, 0.717) is 24.4 Å². The van der Waals surface area contributed by atoms with Crippen LogP contribution in [0.2, 0.25) is 5.02 Å². The summed E-state index contributed by atoms with van der Waals surface area (Å²) in [6.07, 6.45) is 1.15. The van der Waals surface area contributed by atoms with Gasteiger partial charge in [0.2, 0.25) is 11.8 Å². The molecular weight excluding hydrogens is 448 g/mol. The zero-order chi connectivity index (χ0) is 21.9. The van der Waals surface area contributed by atoms with Gasteiger partial charge in [-0.1, -0.05) is 17.7 Å². The van der Waals surface area contributed by atoms with Crippen LogP contribution < -0.4 is 4.72 Å². The predicted molar refractivity (Wildman–Crippen MR) is 115 cm³/mol. The summed E-state index contributed by atoms with van der Waals surface area (Å²) >= 11 is 7.05. The number of rotatable bonds is 7. The number of thiophene rings is 1. The number of nitriles is 1. The second kappa shape index (κ2) is 9.31. The summed E-state index contributed by atoms with van der Waals surface area (Å²) in [5, 5.41) is 9.91. The van der Waals surface area contributed by atoms with Gasteiger partial charge in [0.1, 0.15) is 10.3 Å². The van der Waals surface area contributed by atoms with Gasteiger partial charge >= 0.3 is 0 Å². The Morgan fingerprint density at radius 3 is 2.93 bits per heavy atom. The first-order valence-electron chi connectivity index (χ1n) is 9.32. The number of hydrogen-bond acceptors (Lipinski definition) is 6. The molecular formula is C19H21ClN4O4S2. The van der Waals surface area contributed by atoms with E-state index < -0.39 is 22.0 Å². The van der Waals surface area contributed by atoms with Crippen molar-refractivity contribution in [3.8, 4) is 6.07 Å². The van der Waals surface area contributed by atoms with Crippen molar-refractivity contribution in [1.82, 2.24) is 14.5 Å². The Kier molecular flexibility index (Phi) is 6.98. The molecule has 3 rings (SSSR count). The van der Waals surface area contributed by atoms with Crippen molar-refractivity contribution in [3.05, 3.63) is 29.3 Å². The van der Waals surface area contributed by atoms with Gasteiger partial charge in [-0.15, -0.1) is 11.3 Å². The maximum Gasteiger partial charge on any atom is 0.250 e. The molecule has 1 saturated heterocycles. The number of fused-ring (bicyclic) bond motifs is 1. The zero-order valence-electron chi connectivity index (χ0n) is 16.3. The molecule has 8 nitrogen and oxygen atoms in total. The van der Waals surface area contributed by atoms with E-state index in [2.05, 4.69) is 4.72 Å². The molecule has 1 aromatic carbocycles. The molecule has 1 unspecified atom stereocenters. The highest BCUT2D eigenvalue weighted by Gasteiger charge is 2.34. The molecule has 11 heteroatoms. The van der Waals surface area contributed by atoms with Gasteiger partial charge in [-0.3, -0.25) is 9.59 Å². The van der Waals surface area contributed by atoms with E-state index in [1.165, 1.54) is 9.80 Å². The van der Waals surface area contributed by atoms with Crippen LogP contribution in [0.5, 0.6) is 0 Å². The molecule has 1 aromatic heterocycles. The van der Waals surface area contributed by atoms with Gasteiger partial charge in [0.25, 0.3) is 10.0 Å². The molecule has 1 aliphatic rings. The molecule has 1 N–H and O–H groups in total. The summed E-state index contributed by atoms with van der Waals surface area (Å²) in [5.74, 6) is -0.709. The minimum absolute atomic E-state index is 0.108. The topological polar surface area (TPSA) is 111 Å². The monoisotopic (exact) mass is 468 g/mol. The third-order valence-electron chi connectivity index (χ3n) is 4.86. The number of nitrogens with zero attached hydrogens (tertiary/aromatic N) is 3. The van der Waals surface area contributed by atoms with E-state index in [1.807, 2.05) is 6.07 Å². The fourth-order valence-electron chi connectivity index (χ4n) is 3.19. The summed E-state index contributed by atoms with van der Waals surface area (Å²) < 4.78 is 29.0. The summed E-state index contributed by atoms with van der Waals surface area (Å²) in [4.78, 5) is 27.8. The molecule has 0 saturated carbocycles. The fraction of sp³-hybridized carbons (Fsp3) is 0.421. The number of sulfonamides is 1. The van der Waals surface area contributed by atoms with Crippen molar-refractivity contribution in [3.63, 3.8) is 0 Å². The second-order valence-corrected chi connectivity index (χ2v) is 10.5. The smallest absolute Gasteiger partial charge is 0.250 e. The Morgan fingerprint density at radius 2 is 2.20 bits per heavy atom. The summed E-state index contributed by atoms with van der Waals surface area (Å²) in [6.45, 7) is 0.528. The number of piperidine rings is 1. The third-order valence-corrected chi connectivity index (χ3v) is 8.14. The van der Waals surface area contributed by atoms with Crippen molar-refractivity contribution >= 4 is 54.9 Å². The van der Waals surface area contributed by atoms with Gasteiger partial charge in [-0.05, 0) is 36.4 Å². The van der Waals surface area contributed by atoms with E-state index in [4.69, 9.17) is 16.9 Å². The average Bonchev–Trinajstić information content (AvgIpc) is 3.13. The van der Waals surface area contributed by atoms with E-state index in [1.54, 1.807) is 31.3 Å². The zero-order valence-corrected chi connectivity index (χ0v) is 18.7. The number of likely N-dealkylation sites (tertiary alicyclic amines) is 1. The van der Waals surface area contributed by atoms with E-state index in [9.17, 15) is 18.0 Å². The number of nitrogens with one attached hydrogen (secondary N) is 1. The molecule has 0 spiro atoms. The lowest BCUT2D eigenvalue weighted by Crippen LogP contribution is -2.54. The van der Waals surface area contributed by atoms with Gasteiger partial charge in [-0.25, -0.2) is 8.42 Å². The molecule has 0 aliphatic carbocycles. The lowest BCUT2D eigenvalue weighted by molar-refractivity contribution is -0.142. The highest BCUT2D eigenvalue weighted by atomic mass is 35.5. The van der Waals surface area contributed by atoms with Crippen molar-refractivity contribution in [2.24, 2.45) is 0 Å². The first kappa shape index (κ1) is 22.5. The van der Waals surface area contributed by atoms with Crippen LogP contribution in [0.3, 0.4) is 0 Å². The third kappa shape index (κ3) is 5.10. The Bertz CT molecular complexity index is 1110. The molecule has 160 valence electrons. The van der Waals surface area contributed by atoms with Crippen LogP contribution >= 0.6 is 22.9 Å². The average molecular weight is 469 g/mol. The van der Waals surface area contributed by atoms with Crippen LogP contribution in [-0.2, 0) is 19.6 Å². The SMILES string of the molecule is CN(CCC#N)C(=O)CN1CCCC(NS(=O)(=O)c2cc3ccc(Cl)cc3s2)C1=O. The Balaban J connectivity index is 1.70. The van der Waals surface area contributed by atoms with Gasteiger partial charge < -0.3 is 9.80 Å². The number of hydrogen-bond donors (Lipinski definition) is 1. The van der Waals surface area contributed by atoms with Gasteiger partial charge in [-0.2, -0.15) is 9.98 Å². The van der Waals surface area contributed by atoms with Crippen LogP contribution in [0.25, 0.3) is 10.1 Å². The molecule has 1 aliphatic heterocycles. The first-order chi connectivity index (χ1) is 14.2. The molecule has 2 heterocycles. The minimum atomic E-state index is -3.90. The largest absolute Gasteiger partial charge is 0.343 e. The highest BCUT2D eigenvalue weighted by molar-refractivity contribution is 7.91. The Hall–Kier alpha value is -2.19. The standard InChI is InChI=1S/C19H21ClN4O4S2/c1-23(8-3-7-21)17(25)12-24-9-2-4-15(19(24)26)22-30(27,28)18-10-13-5-6-14(20)11-16(13)29-18/h5-6,10-11,15,22H,2-4,8-9,12H2,1H3.